The van der Waals surface area contributed by atoms with Crippen molar-refractivity contribution >= 4 is 11.7 Å². The summed E-state index contributed by atoms with van der Waals surface area (Å²) in [7, 11) is 1.55. The van der Waals surface area contributed by atoms with Crippen LogP contribution in [0.25, 0.3) is 0 Å². The van der Waals surface area contributed by atoms with Gasteiger partial charge in [-0.25, -0.2) is 4.39 Å². The van der Waals surface area contributed by atoms with Gasteiger partial charge in [0, 0.05) is 29.8 Å². The summed E-state index contributed by atoms with van der Waals surface area (Å²) in [5.41, 5.74) is 1.41. The van der Waals surface area contributed by atoms with E-state index in [1.54, 1.807) is 25.3 Å². The second-order valence-corrected chi connectivity index (χ2v) is 9.83. The molecule has 1 amide bonds. The Labute approximate surface area is 187 Å². The summed E-state index contributed by atoms with van der Waals surface area (Å²) >= 11 is 0. The van der Waals surface area contributed by atoms with Gasteiger partial charge in [0.25, 0.3) is 5.91 Å². The van der Waals surface area contributed by atoms with Crippen LogP contribution in [0.5, 0.6) is 0 Å². The standard InChI is InChI=1S/C26H28FNO4/c1-32-14-20-10-17(24(29)16-2-5-21(27)6-3-16)4-7-22(20)25(30)28-23-18-8-15-9-19(23)13-26(31,11-15)12-18/h2-7,10,15,18-19,23,31H,8-9,11-14H2,1H3,(H,28,30)/t15?,18?,19?,23-,26-. The molecule has 4 aliphatic carbocycles. The van der Waals surface area contributed by atoms with Gasteiger partial charge in [-0.2, -0.15) is 0 Å². The highest BCUT2D eigenvalue weighted by Crippen LogP contribution is 2.55. The maximum Gasteiger partial charge on any atom is 0.251 e. The maximum absolute atomic E-state index is 13.2. The maximum atomic E-state index is 13.2. The third kappa shape index (κ3) is 3.86. The summed E-state index contributed by atoms with van der Waals surface area (Å²) in [6.45, 7) is 0.201. The number of methoxy groups -OCH3 is 1. The highest BCUT2D eigenvalue weighted by Gasteiger charge is 2.55. The highest BCUT2D eigenvalue weighted by molar-refractivity contribution is 6.09. The number of hydrogen-bond acceptors (Lipinski definition) is 4. The van der Waals surface area contributed by atoms with E-state index < -0.39 is 11.4 Å². The first-order valence-electron chi connectivity index (χ1n) is 11.3. The molecule has 2 aromatic carbocycles. The molecule has 0 heterocycles. The zero-order valence-electron chi connectivity index (χ0n) is 18.1. The van der Waals surface area contributed by atoms with E-state index in [1.165, 1.54) is 24.3 Å². The molecule has 4 bridgehead atoms. The summed E-state index contributed by atoms with van der Waals surface area (Å²) < 4.78 is 18.5. The van der Waals surface area contributed by atoms with E-state index >= 15 is 0 Å². The van der Waals surface area contributed by atoms with Crippen molar-refractivity contribution in [3.63, 3.8) is 0 Å². The van der Waals surface area contributed by atoms with Gasteiger partial charge in [0.1, 0.15) is 5.82 Å². The van der Waals surface area contributed by atoms with Crippen molar-refractivity contribution < 1.29 is 23.8 Å². The fraction of sp³-hybridized carbons (Fsp3) is 0.462. The van der Waals surface area contributed by atoms with Crippen LogP contribution >= 0.6 is 0 Å². The lowest BCUT2D eigenvalue weighted by Crippen LogP contribution is -2.61. The normalized spacial score (nSPS) is 30.3. The Morgan fingerprint density at radius 1 is 1.06 bits per heavy atom. The molecule has 6 heteroatoms. The highest BCUT2D eigenvalue weighted by atomic mass is 19.1. The van der Waals surface area contributed by atoms with Crippen LogP contribution in [-0.2, 0) is 11.3 Å². The van der Waals surface area contributed by atoms with Gasteiger partial charge in [-0.05, 0) is 91.8 Å². The molecule has 0 spiro atoms. The third-order valence-electron chi connectivity index (χ3n) is 7.56. The van der Waals surface area contributed by atoms with Gasteiger partial charge in [-0.15, -0.1) is 0 Å². The Balaban J connectivity index is 1.36. The lowest BCUT2D eigenvalue weighted by Gasteiger charge is -2.58. The first-order valence-corrected chi connectivity index (χ1v) is 11.3. The van der Waals surface area contributed by atoms with Crippen LogP contribution in [-0.4, -0.2) is 35.5 Å². The largest absolute Gasteiger partial charge is 0.390 e. The average molecular weight is 438 g/mol. The van der Waals surface area contributed by atoms with Crippen LogP contribution in [0.15, 0.2) is 42.5 Å². The van der Waals surface area contributed by atoms with Gasteiger partial charge in [0.2, 0.25) is 0 Å². The molecule has 5 nitrogen and oxygen atoms in total. The number of carbonyl (C=O) groups is 2. The third-order valence-corrected chi connectivity index (χ3v) is 7.56. The van der Waals surface area contributed by atoms with Crippen LogP contribution in [0.1, 0.15) is 63.9 Å². The number of rotatable bonds is 6. The first-order chi connectivity index (χ1) is 15.3. The van der Waals surface area contributed by atoms with E-state index in [0.29, 0.717) is 40.0 Å². The van der Waals surface area contributed by atoms with Crippen molar-refractivity contribution in [2.75, 3.05) is 7.11 Å². The van der Waals surface area contributed by atoms with Gasteiger partial charge in [0.15, 0.2) is 5.78 Å². The number of halogens is 1. The monoisotopic (exact) mass is 437 g/mol. The van der Waals surface area contributed by atoms with Gasteiger partial charge in [0.05, 0.1) is 12.2 Å². The summed E-state index contributed by atoms with van der Waals surface area (Å²) in [4.78, 5) is 26.1. The zero-order chi connectivity index (χ0) is 22.5. The molecule has 32 heavy (non-hydrogen) atoms. The molecule has 0 aromatic heterocycles. The number of ether oxygens (including phenoxy) is 1. The van der Waals surface area contributed by atoms with Crippen molar-refractivity contribution in [3.8, 4) is 0 Å². The number of ketones is 1. The van der Waals surface area contributed by atoms with E-state index in [1.807, 2.05) is 0 Å². The topological polar surface area (TPSA) is 75.6 Å². The van der Waals surface area contributed by atoms with Gasteiger partial charge in [-0.1, -0.05) is 6.07 Å². The number of hydrogen-bond donors (Lipinski definition) is 2. The molecule has 2 atom stereocenters. The smallest absolute Gasteiger partial charge is 0.251 e. The van der Waals surface area contributed by atoms with Gasteiger partial charge in [-0.3, -0.25) is 9.59 Å². The van der Waals surface area contributed by atoms with E-state index in [2.05, 4.69) is 5.32 Å². The lowest BCUT2D eigenvalue weighted by molar-refractivity contribution is -0.136. The molecule has 0 aliphatic heterocycles. The molecule has 6 rings (SSSR count). The zero-order valence-corrected chi connectivity index (χ0v) is 18.1. The Morgan fingerprint density at radius 3 is 2.34 bits per heavy atom. The van der Waals surface area contributed by atoms with Crippen molar-refractivity contribution in [2.24, 2.45) is 17.8 Å². The minimum atomic E-state index is -0.540. The summed E-state index contributed by atoms with van der Waals surface area (Å²) in [5, 5.41) is 14.0. The molecular weight excluding hydrogens is 409 g/mol. The number of amides is 1. The van der Waals surface area contributed by atoms with E-state index in [-0.39, 0.29) is 24.3 Å². The predicted octanol–water partition coefficient (Wildman–Crippen LogP) is 3.87. The molecule has 0 radical (unpaired) electrons. The predicted molar refractivity (Wildman–Crippen MR) is 117 cm³/mol. The molecular formula is C26H28FNO4. The first kappa shape index (κ1) is 21.3. The number of nitrogens with one attached hydrogen (secondary N) is 1. The molecule has 4 aliphatic rings. The molecule has 2 N–H and O–H groups in total. The van der Waals surface area contributed by atoms with E-state index in [0.717, 1.165) is 32.1 Å². The summed E-state index contributed by atoms with van der Waals surface area (Å²) in [5.74, 6) is 0.420. The summed E-state index contributed by atoms with van der Waals surface area (Å²) in [6, 6.07) is 10.5. The number of carbonyl (C=O) groups excluding carboxylic acids is 2. The van der Waals surface area contributed by atoms with Crippen LogP contribution in [0, 0.1) is 23.6 Å². The minimum Gasteiger partial charge on any atom is -0.390 e. The Hall–Kier alpha value is -2.57. The number of aliphatic hydroxyl groups is 1. The summed E-state index contributed by atoms with van der Waals surface area (Å²) in [6.07, 6.45) is 4.57. The quantitative estimate of drug-likeness (QED) is 0.673. The SMILES string of the molecule is COCc1cc(C(=O)c2ccc(F)cc2)ccc1C(=O)N[C@H]1C2CC3CC1C[C@](O)(C3)C2. The lowest BCUT2D eigenvalue weighted by atomic mass is 9.52. The Kier molecular flexibility index (Phi) is 5.38. The van der Waals surface area contributed by atoms with Crippen molar-refractivity contribution in [1.29, 1.82) is 0 Å². The number of benzene rings is 2. The van der Waals surface area contributed by atoms with Crippen LogP contribution in [0.3, 0.4) is 0 Å². The Morgan fingerprint density at radius 2 is 1.72 bits per heavy atom. The van der Waals surface area contributed by atoms with Gasteiger partial charge < -0.3 is 15.2 Å². The van der Waals surface area contributed by atoms with Crippen molar-refractivity contribution in [1.82, 2.24) is 5.32 Å². The van der Waals surface area contributed by atoms with Crippen molar-refractivity contribution in [2.45, 2.75) is 50.4 Å². The van der Waals surface area contributed by atoms with Gasteiger partial charge >= 0.3 is 0 Å². The second kappa shape index (κ2) is 8.09. The Bertz CT molecular complexity index is 1030. The van der Waals surface area contributed by atoms with Crippen LogP contribution in [0.2, 0.25) is 0 Å². The average Bonchev–Trinajstić information content (AvgIpc) is 2.75. The van der Waals surface area contributed by atoms with E-state index in [4.69, 9.17) is 4.74 Å². The molecule has 4 saturated carbocycles. The molecule has 168 valence electrons. The molecule has 4 fully saturated rings. The van der Waals surface area contributed by atoms with Crippen molar-refractivity contribution in [3.05, 3.63) is 70.5 Å². The molecule has 2 aromatic rings. The fourth-order valence-electron chi connectivity index (χ4n) is 6.45. The van der Waals surface area contributed by atoms with E-state index in [9.17, 15) is 19.1 Å². The fourth-order valence-corrected chi connectivity index (χ4v) is 6.45. The van der Waals surface area contributed by atoms with Crippen LogP contribution in [0.4, 0.5) is 4.39 Å². The molecule has 0 saturated heterocycles. The minimum absolute atomic E-state index is 0.0789. The second-order valence-electron chi connectivity index (χ2n) is 9.83. The van der Waals surface area contributed by atoms with Crippen LogP contribution < -0.4 is 5.32 Å². The molecule has 2 unspecified atom stereocenters.